The van der Waals surface area contributed by atoms with Crippen LogP contribution in [0, 0.1) is 34.6 Å². The van der Waals surface area contributed by atoms with Gasteiger partial charge in [0.15, 0.2) is 6.61 Å². The summed E-state index contributed by atoms with van der Waals surface area (Å²) in [5, 5.41) is 9.34. The number of amides is 3. The maximum Gasteiger partial charge on any atom is 0.329 e. The zero-order valence-corrected chi connectivity index (χ0v) is 21.1. The third kappa shape index (κ3) is 6.79. The van der Waals surface area contributed by atoms with Gasteiger partial charge in [-0.3, -0.25) is 14.4 Å². The van der Waals surface area contributed by atoms with Crippen molar-refractivity contribution in [1.29, 1.82) is 0 Å². The van der Waals surface area contributed by atoms with E-state index in [2.05, 4.69) is 21.2 Å². The lowest BCUT2D eigenvalue weighted by Crippen LogP contribution is -2.32. The molecule has 0 spiro atoms. The van der Waals surface area contributed by atoms with Gasteiger partial charge in [-0.2, -0.15) is 5.10 Å². The smallest absolute Gasteiger partial charge is 0.329 e. The molecule has 3 amide bonds. The highest BCUT2D eigenvalue weighted by Gasteiger charge is 2.15. The molecule has 0 heterocycles. The Balaban J connectivity index is 1.57. The highest BCUT2D eigenvalue weighted by molar-refractivity contribution is 6.39. The van der Waals surface area contributed by atoms with E-state index < -0.39 is 11.8 Å². The van der Waals surface area contributed by atoms with Crippen molar-refractivity contribution in [2.45, 2.75) is 34.6 Å². The third-order valence-electron chi connectivity index (χ3n) is 5.65. The van der Waals surface area contributed by atoms with Crippen molar-refractivity contribution in [3.63, 3.8) is 0 Å². The van der Waals surface area contributed by atoms with E-state index in [1.54, 1.807) is 36.4 Å². The number of rotatable bonds is 7. The number of nitrogens with one attached hydrogen (secondary N) is 3. The molecule has 0 unspecified atom stereocenters. The third-order valence-corrected chi connectivity index (χ3v) is 5.65. The molecular formula is C28H30N4O4. The first-order valence-electron chi connectivity index (χ1n) is 11.5. The van der Waals surface area contributed by atoms with Crippen LogP contribution in [0.4, 0.5) is 11.4 Å². The van der Waals surface area contributed by atoms with E-state index >= 15 is 0 Å². The van der Waals surface area contributed by atoms with Gasteiger partial charge < -0.3 is 15.4 Å². The summed E-state index contributed by atoms with van der Waals surface area (Å²) >= 11 is 0. The van der Waals surface area contributed by atoms with Crippen LogP contribution in [0.25, 0.3) is 0 Å². The minimum Gasteiger partial charge on any atom is -0.483 e. The van der Waals surface area contributed by atoms with Crippen molar-refractivity contribution in [2.75, 3.05) is 17.2 Å². The molecule has 0 radical (unpaired) electrons. The minimum atomic E-state index is -0.909. The molecule has 0 bridgehead atoms. The second-order valence-corrected chi connectivity index (χ2v) is 8.55. The SMILES string of the molecule is Cc1cc(C)c(NC(=O)COc2ccccc2/C=N\NC(=O)C(=O)Nc2cccc(C)c2C)c(C)c1. The zero-order chi connectivity index (χ0) is 26.2. The summed E-state index contributed by atoms with van der Waals surface area (Å²) in [5.74, 6) is -1.63. The zero-order valence-electron chi connectivity index (χ0n) is 21.1. The van der Waals surface area contributed by atoms with Crippen LogP contribution in [0.1, 0.15) is 33.4 Å². The average molecular weight is 487 g/mol. The van der Waals surface area contributed by atoms with Gasteiger partial charge in [0, 0.05) is 16.9 Å². The summed E-state index contributed by atoms with van der Waals surface area (Å²) in [7, 11) is 0. The lowest BCUT2D eigenvalue weighted by atomic mass is 10.1. The number of benzene rings is 3. The highest BCUT2D eigenvalue weighted by atomic mass is 16.5. The second-order valence-electron chi connectivity index (χ2n) is 8.55. The molecule has 3 aromatic carbocycles. The number of carbonyl (C=O) groups excluding carboxylic acids is 3. The van der Waals surface area contributed by atoms with Gasteiger partial charge in [0.25, 0.3) is 5.91 Å². The molecule has 8 nitrogen and oxygen atoms in total. The lowest BCUT2D eigenvalue weighted by molar-refractivity contribution is -0.136. The predicted octanol–water partition coefficient (Wildman–Crippen LogP) is 4.34. The molecule has 0 aromatic heterocycles. The number of ether oxygens (including phenoxy) is 1. The summed E-state index contributed by atoms with van der Waals surface area (Å²) in [6, 6.07) is 16.4. The Bertz CT molecular complexity index is 1310. The first-order valence-corrected chi connectivity index (χ1v) is 11.5. The van der Waals surface area contributed by atoms with E-state index in [4.69, 9.17) is 4.74 Å². The van der Waals surface area contributed by atoms with Crippen LogP contribution in [0.2, 0.25) is 0 Å². The Morgan fingerprint density at radius 3 is 2.25 bits per heavy atom. The van der Waals surface area contributed by atoms with E-state index in [0.717, 1.165) is 33.5 Å². The molecule has 3 rings (SSSR count). The molecule has 8 heteroatoms. The van der Waals surface area contributed by atoms with E-state index in [-0.39, 0.29) is 12.5 Å². The maximum atomic E-state index is 12.5. The number of anilines is 2. The first kappa shape index (κ1) is 26.2. The molecule has 3 aromatic rings. The number of hydrogen-bond donors (Lipinski definition) is 3. The summed E-state index contributed by atoms with van der Waals surface area (Å²) in [6.07, 6.45) is 1.35. The van der Waals surface area contributed by atoms with Crippen molar-refractivity contribution in [2.24, 2.45) is 5.10 Å². The van der Waals surface area contributed by atoms with Gasteiger partial charge in [0.05, 0.1) is 6.21 Å². The van der Waals surface area contributed by atoms with Crippen molar-refractivity contribution >= 4 is 35.3 Å². The van der Waals surface area contributed by atoms with Gasteiger partial charge in [-0.05, 0) is 75.1 Å². The fourth-order valence-electron chi connectivity index (χ4n) is 3.69. The predicted molar refractivity (Wildman–Crippen MR) is 142 cm³/mol. The van der Waals surface area contributed by atoms with Gasteiger partial charge in [-0.1, -0.05) is 42.0 Å². The largest absolute Gasteiger partial charge is 0.483 e. The second kappa shape index (κ2) is 11.8. The Morgan fingerprint density at radius 2 is 1.53 bits per heavy atom. The van der Waals surface area contributed by atoms with Crippen LogP contribution in [0.15, 0.2) is 59.7 Å². The molecule has 0 aliphatic carbocycles. The number of carbonyl (C=O) groups is 3. The number of hydrogen-bond acceptors (Lipinski definition) is 5. The van der Waals surface area contributed by atoms with Crippen molar-refractivity contribution in [3.05, 3.63) is 88.0 Å². The van der Waals surface area contributed by atoms with E-state index in [9.17, 15) is 14.4 Å². The molecule has 186 valence electrons. The lowest BCUT2D eigenvalue weighted by Gasteiger charge is -2.14. The standard InChI is InChI=1S/C28H30N4O4/c1-17-13-19(3)26(20(4)14-17)31-25(33)16-36-24-12-7-6-10-22(24)15-29-32-28(35)27(34)30-23-11-8-9-18(2)21(23)5/h6-15H,16H2,1-5H3,(H,30,34)(H,31,33)(H,32,35)/b29-15-. The van der Waals surface area contributed by atoms with Crippen LogP contribution >= 0.6 is 0 Å². The Hall–Kier alpha value is -4.46. The summed E-state index contributed by atoms with van der Waals surface area (Å²) in [5.41, 5.74) is 9.04. The van der Waals surface area contributed by atoms with Gasteiger partial charge in [-0.25, -0.2) is 5.43 Å². The normalized spacial score (nSPS) is 10.7. The molecule has 0 aliphatic rings. The quantitative estimate of drug-likeness (QED) is 0.262. The maximum absolute atomic E-state index is 12.5. The monoisotopic (exact) mass is 486 g/mol. The van der Waals surface area contributed by atoms with E-state index in [0.29, 0.717) is 17.0 Å². The summed E-state index contributed by atoms with van der Waals surface area (Å²) in [4.78, 5) is 36.9. The molecule has 0 atom stereocenters. The molecule has 0 aliphatic heterocycles. The van der Waals surface area contributed by atoms with Crippen molar-refractivity contribution in [3.8, 4) is 5.75 Å². The topological polar surface area (TPSA) is 109 Å². The summed E-state index contributed by atoms with van der Waals surface area (Å²) < 4.78 is 5.69. The van der Waals surface area contributed by atoms with Gasteiger partial charge in [0.1, 0.15) is 5.75 Å². The molecular weight excluding hydrogens is 456 g/mol. The van der Waals surface area contributed by atoms with Crippen molar-refractivity contribution in [1.82, 2.24) is 5.43 Å². The number of aryl methyl sites for hydroxylation is 4. The number of para-hydroxylation sites is 1. The van der Waals surface area contributed by atoms with Crippen molar-refractivity contribution < 1.29 is 19.1 Å². The Kier molecular flexibility index (Phi) is 8.57. The number of hydrazone groups is 1. The van der Waals surface area contributed by atoms with Crippen LogP contribution in [0.3, 0.4) is 0 Å². The fraction of sp³-hybridized carbons (Fsp3) is 0.214. The summed E-state index contributed by atoms with van der Waals surface area (Å²) in [6.45, 7) is 9.47. The Labute approximate surface area is 210 Å². The molecule has 0 saturated heterocycles. The van der Waals surface area contributed by atoms with Crippen LogP contribution in [-0.2, 0) is 14.4 Å². The molecule has 0 fully saturated rings. The van der Waals surface area contributed by atoms with Crippen LogP contribution < -0.4 is 20.8 Å². The van der Waals surface area contributed by atoms with Gasteiger partial charge >= 0.3 is 11.8 Å². The van der Waals surface area contributed by atoms with Gasteiger partial charge in [0.2, 0.25) is 0 Å². The average Bonchev–Trinajstić information content (AvgIpc) is 2.83. The van der Waals surface area contributed by atoms with E-state index in [1.165, 1.54) is 6.21 Å². The molecule has 36 heavy (non-hydrogen) atoms. The Morgan fingerprint density at radius 1 is 0.833 bits per heavy atom. The molecule has 3 N–H and O–H groups in total. The first-order chi connectivity index (χ1) is 17.2. The van der Waals surface area contributed by atoms with E-state index in [1.807, 2.05) is 52.8 Å². The van der Waals surface area contributed by atoms with Gasteiger partial charge in [-0.15, -0.1) is 0 Å². The number of nitrogens with zero attached hydrogens (tertiary/aromatic N) is 1. The fourth-order valence-corrected chi connectivity index (χ4v) is 3.69. The molecule has 0 saturated carbocycles. The highest BCUT2D eigenvalue weighted by Crippen LogP contribution is 2.22. The minimum absolute atomic E-state index is 0.206. The van der Waals surface area contributed by atoms with Crippen LogP contribution in [0.5, 0.6) is 5.75 Å². The van der Waals surface area contributed by atoms with Crippen LogP contribution in [-0.4, -0.2) is 30.5 Å².